The van der Waals surface area contributed by atoms with Crippen LogP contribution in [0.25, 0.3) is 11.1 Å². The molecular weight excluding hydrogens is 313 g/mol. The van der Waals surface area contributed by atoms with Crippen LogP contribution in [0.2, 0.25) is 6.32 Å². The largest absolute Gasteiger partial charge is 0.480 e. The molecule has 2 aliphatic rings. The van der Waals surface area contributed by atoms with Crippen molar-refractivity contribution < 1.29 is 14.7 Å². The number of nitrogens with zero attached hydrogens (tertiary/aromatic N) is 1. The van der Waals surface area contributed by atoms with Crippen molar-refractivity contribution in [2.45, 2.75) is 31.1 Å². The van der Waals surface area contributed by atoms with E-state index in [4.69, 9.17) is 0 Å². The summed E-state index contributed by atoms with van der Waals surface area (Å²) in [7, 11) is 1.67. The molecule has 125 valence electrons. The van der Waals surface area contributed by atoms with E-state index in [0.717, 1.165) is 6.42 Å². The maximum absolute atomic E-state index is 12.5. The minimum Gasteiger partial charge on any atom is -0.480 e. The number of fused-ring (bicyclic) bond motifs is 3. The zero-order valence-corrected chi connectivity index (χ0v) is 13.9. The lowest BCUT2D eigenvalue weighted by molar-refractivity contribution is -0.141. The van der Waals surface area contributed by atoms with Gasteiger partial charge in [0, 0.05) is 12.5 Å². The number of carboxylic acids is 1. The second-order valence-electron chi connectivity index (χ2n) is 6.69. The van der Waals surface area contributed by atoms with Gasteiger partial charge < -0.3 is 10.0 Å². The number of hydrogen-bond donors (Lipinski definition) is 1. The number of rotatable bonds is 4. The lowest BCUT2D eigenvalue weighted by Gasteiger charge is -2.22. The third kappa shape index (κ3) is 2.74. The Morgan fingerprint density at radius 1 is 1.04 bits per heavy atom. The average molecular weight is 332 g/mol. The van der Waals surface area contributed by atoms with Crippen LogP contribution in [0.3, 0.4) is 0 Å². The van der Waals surface area contributed by atoms with Crippen molar-refractivity contribution in [2.24, 2.45) is 0 Å². The van der Waals surface area contributed by atoms with E-state index in [1.54, 1.807) is 7.28 Å². The molecule has 1 radical (unpaired) electrons. The summed E-state index contributed by atoms with van der Waals surface area (Å²) < 4.78 is 0. The van der Waals surface area contributed by atoms with Crippen LogP contribution >= 0.6 is 0 Å². The molecule has 1 aliphatic carbocycles. The molecule has 1 N–H and O–H groups in total. The van der Waals surface area contributed by atoms with Crippen LogP contribution in [-0.2, 0) is 4.79 Å². The molecule has 0 aromatic heterocycles. The maximum Gasteiger partial charge on any atom is 0.326 e. The summed E-state index contributed by atoms with van der Waals surface area (Å²) >= 11 is 0. The first kappa shape index (κ1) is 15.9. The van der Waals surface area contributed by atoms with Crippen LogP contribution in [0.1, 0.15) is 29.9 Å². The minimum absolute atomic E-state index is 0.155. The number of carboxylic acid groups (broad SMARTS) is 1. The van der Waals surface area contributed by atoms with E-state index in [2.05, 4.69) is 24.3 Å². The summed E-state index contributed by atoms with van der Waals surface area (Å²) in [6.45, 7) is 0.532. The van der Waals surface area contributed by atoms with Gasteiger partial charge in [-0.3, -0.25) is 4.79 Å². The van der Waals surface area contributed by atoms with Crippen LogP contribution in [0, 0.1) is 0 Å². The highest BCUT2D eigenvalue weighted by Gasteiger charge is 2.35. The van der Waals surface area contributed by atoms with E-state index >= 15 is 0 Å². The molecule has 1 atom stereocenters. The molecule has 2 aromatic carbocycles. The molecule has 25 heavy (non-hydrogen) atoms. The molecule has 1 amide bonds. The normalized spacial score (nSPS) is 18.7. The summed E-state index contributed by atoms with van der Waals surface area (Å²) in [5.74, 6) is -0.912. The topological polar surface area (TPSA) is 57.6 Å². The van der Waals surface area contributed by atoms with Gasteiger partial charge >= 0.3 is 5.97 Å². The molecular formula is C20H19BNO3. The van der Waals surface area contributed by atoms with Gasteiger partial charge in [0.1, 0.15) is 6.04 Å². The monoisotopic (exact) mass is 332 g/mol. The molecule has 2 aromatic rings. The van der Waals surface area contributed by atoms with Crippen LogP contribution < -0.4 is 0 Å². The third-order valence-corrected chi connectivity index (χ3v) is 5.31. The fourth-order valence-electron chi connectivity index (χ4n) is 4.14. The highest BCUT2D eigenvalue weighted by atomic mass is 16.4. The maximum atomic E-state index is 12.5. The molecule has 1 unspecified atom stereocenters. The number of amides is 1. The minimum atomic E-state index is -0.907. The van der Waals surface area contributed by atoms with Gasteiger partial charge in [-0.05, 0) is 35.1 Å². The number of benzene rings is 2. The Morgan fingerprint density at radius 3 is 2.24 bits per heavy atom. The van der Waals surface area contributed by atoms with Gasteiger partial charge in [0.15, 0.2) is 5.81 Å². The third-order valence-electron chi connectivity index (χ3n) is 5.31. The van der Waals surface area contributed by atoms with Crippen molar-refractivity contribution in [3.05, 3.63) is 59.7 Å². The van der Waals surface area contributed by atoms with Crippen molar-refractivity contribution in [3.63, 3.8) is 0 Å². The summed E-state index contributed by atoms with van der Waals surface area (Å²) in [5, 5.41) is 9.26. The predicted octanol–water partition coefficient (Wildman–Crippen LogP) is 3.59. The number of carbonyl (C=O) groups excluding carboxylic acids is 1. The van der Waals surface area contributed by atoms with E-state index in [1.165, 1.54) is 27.2 Å². The fraction of sp³-hybridized carbons (Fsp3) is 0.300. The Bertz CT molecular complexity index is 790. The lowest BCUT2D eigenvalue weighted by Crippen LogP contribution is -2.42. The molecule has 5 heteroatoms. The van der Waals surface area contributed by atoms with Gasteiger partial charge in [0.2, 0.25) is 7.28 Å². The lowest BCUT2D eigenvalue weighted by atomic mass is 9.66. The van der Waals surface area contributed by atoms with Crippen LogP contribution in [0.15, 0.2) is 48.5 Å². The quantitative estimate of drug-likeness (QED) is 0.871. The number of aliphatic carboxylic acids is 1. The molecule has 1 fully saturated rings. The molecule has 1 heterocycles. The summed E-state index contributed by atoms with van der Waals surface area (Å²) in [6.07, 6.45) is 1.89. The second-order valence-corrected chi connectivity index (χ2v) is 6.69. The first-order chi connectivity index (χ1) is 12.2. The van der Waals surface area contributed by atoms with Crippen LogP contribution in [0.4, 0.5) is 4.79 Å². The zero-order valence-electron chi connectivity index (χ0n) is 13.9. The molecule has 0 bridgehead atoms. The van der Waals surface area contributed by atoms with Gasteiger partial charge in [0.05, 0.1) is 0 Å². The standard InChI is InChI=1S/C20H19BNO3/c23-19(24)18-10-5-11-22(18)20(25)21-12-17-15-8-3-1-6-13(15)14-7-2-4-9-16(14)17/h1-4,6-9,17-18H,5,10-12H2,(H,23,24). The Balaban J connectivity index is 1.53. The first-order valence-corrected chi connectivity index (χ1v) is 8.71. The molecule has 4 rings (SSSR count). The van der Waals surface area contributed by atoms with E-state index in [-0.39, 0.29) is 11.7 Å². The number of hydrogen-bond acceptors (Lipinski definition) is 2. The molecule has 0 spiro atoms. The van der Waals surface area contributed by atoms with Gasteiger partial charge in [-0.25, -0.2) is 4.79 Å². The zero-order chi connectivity index (χ0) is 17.4. The molecule has 0 saturated carbocycles. The summed E-state index contributed by atoms with van der Waals surface area (Å²) in [4.78, 5) is 25.3. The van der Waals surface area contributed by atoms with Gasteiger partial charge in [-0.1, -0.05) is 54.9 Å². The summed E-state index contributed by atoms with van der Waals surface area (Å²) in [6, 6.07) is 15.9. The number of carbonyl (C=O) groups is 2. The van der Waals surface area contributed by atoms with Crippen molar-refractivity contribution in [1.82, 2.24) is 4.90 Å². The highest BCUT2D eigenvalue weighted by Crippen LogP contribution is 2.46. The number of likely N-dealkylation sites (tertiary alicyclic amines) is 1. The van der Waals surface area contributed by atoms with Crippen molar-refractivity contribution >= 4 is 19.1 Å². The van der Waals surface area contributed by atoms with E-state index in [1.807, 2.05) is 24.3 Å². The first-order valence-electron chi connectivity index (χ1n) is 8.71. The highest BCUT2D eigenvalue weighted by molar-refractivity contribution is 6.73. The Labute approximate surface area is 147 Å². The van der Waals surface area contributed by atoms with Crippen molar-refractivity contribution in [2.75, 3.05) is 6.54 Å². The van der Waals surface area contributed by atoms with E-state index < -0.39 is 12.0 Å². The average Bonchev–Trinajstić information content (AvgIpc) is 3.23. The van der Waals surface area contributed by atoms with Gasteiger partial charge in [-0.15, -0.1) is 0 Å². The van der Waals surface area contributed by atoms with Gasteiger partial charge in [0.25, 0.3) is 0 Å². The van der Waals surface area contributed by atoms with Crippen molar-refractivity contribution in [1.29, 1.82) is 0 Å². The predicted molar refractivity (Wildman–Crippen MR) is 97.0 cm³/mol. The smallest absolute Gasteiger partial charge is 0.326 e. The SMILES string of the molecule is O=C(O)C1CCCN1C(=O)[B]CC1c2ccccc2-c2ccccc21. The fourth-order valence-corrected chi connectivity index (χ4v) is 4.14. The van der Waals surface area contributed by atoms with Crippen LogP contribution in [0.5, 0.6) is 0 Å². The second kappa shape index (κ2) is 6.39. The Hall–Kier alpha value is -2.56. The van der Waals surface area contributed by atoms with Crippen molar-refractivity contribution in [3.8, 4) is 11.1 Å². The van der Waals surface area contributed by atoms with E-state index in [9.17, 15) is 14.7 Å². The van der Waals surface area contributed by atoms with E-state index in [0.29, 0.717) is 19.3 Å². The van der Waals surface area contributed by atoms with Gasteiger partial charge in [-0.2, -0.15) is 0 Å². The summed E-state index contributed by atoms with van der Waals surface area (Å²) in [5.41, 5.74) is 4.94. The Morgan fingerprint density at radius 2 is 1.64 bits per heavy atom. The molecule has 1 saturated heterocycles. The Kier molecular flexibility index (Phi) is 4.08. The van der Waals surface area contributed by atoms with Crippen LogP contribution in [-0.4, -0.2) is 41.6 Å². The molecule has 4 nitrogen and oxygen atoms in total. The molecule has 1 aliphatic heterocycles.